The maximum absolute atomic E-state index is 8.77. The van der Waals surface area contributed by atoms with Gasteiger partial charge in [-0.2, -0.15) is 0 Å². The summed E-state index contributed by atoms with van der Waals surface area (Å²) in [6.07, 6.45) is 0.178. The van der Waals surface area contributed by atoms with Gasteiger partial charge in [0.2, 0.25) is 0 Å². The number of hydrogen-bond acceptors (Lipinski definition) is 3. The number of rotatable bonds is 5. The van der Waals surface area contributed by atoms with Crippen LogP contribution in [0.5, 0.6) is 0 Å². The van der Waals surface area contributed by atoms with Crippen molar-refractivity contribution in [3.63, 3.8) is 0 Å². The molecule has 0 radical (unpaired) electrons. The van der Waals surface area contributed by atoms with Gasteiger partial charge in [-0.3, -0.25) is 0 Å². The van der Waals surface area contributed by atoms with Crippen molar-refractivity contribution in [2.75, 3.05) is 6.51 Å². The van der Waals surface area contributed by atoms with E-state index in [0.717, 1.165) is 0 Å². The van der Waals surface area contributed by atoms with E-state index in [1.807, 2.05) is 41.5 Å². The van der Waals surface area contributed by atoms with Crippen LogP contribution in [0.4, 0.5) is 0 Å². The van der Waals surface area contributed by atoms with Gasteiger partial charge in [-0.05, 0) is 27.7 Å². The van der Waals surface area contributed by atoms with Crippen molar-refractivity contribution >= 4 is 7.12 Å². The Morgan fingerprint density at radius 2 is 1.31 bits per heavy atom. The minimum Gasteiger partial charge on any atom is -0.407 e. The first-order valence-corrected chi connectivity index (χ1v) is 4.98. The highest BCUT2D eigenvalue weighted by Crippen LogP contribution is 1.98. The molecule has 0 spiro atoms. The molecule has 1 N–H and O–H groups in total. The molecule has 80 valence electrons. The van der Waals surface area contributed by atoms with Crippen LogP contribution < -0.4 is 0 Å². The van der Waals surface area contributed by atoms with E-state index in [9.17, 15) is 0 Å². The van der Waals surface area contributed by atoms with Gasteiger partial charge in [0.25, 0.3) is 0 Å². The lowest BCUT2D eigenvalue weighted by Crippen LogP contribution is -2.33. The summed E-state index contributed by atoms with van der Waals surface area (Å²) >= 11 is 0. The van der Waals surface area contributed by atoms with Crippen molar-refractivity contribution < 1.29 is 14.4 Å². The SMILES string of the molecule is CC.CC(C)OB(CO)OC(C)C. The van der Waals surface area contributed by atoms with Crippen molar-refractivity contribution in [2.24, 2.45) is 0 Å². The lowest BCUT2D eigenvalue weighted by atomic mass is 9.91. The summed E-state index contributed by atoms with van der Waals surface area (Å²) in [6.45, 7) is 11.5. The smallest absolute Gasteiger partial charge is 0.407 e. The molecule has 0 amide bonds. The Kier molecular flexibility index (Phi) is 11.9. The van der Waals surface area contributed by atoms with Crippen LogP contribution in [0.1, 0.15) is 41.5 Å². The number of hydrogen-bond donors (Lipinski definition) is 1. The Bertz CT molecular complexity index is 86.9. The molecule has 4 heteroatoms. The predicted molar refractivity (Wildman–Crippen MR) is 56.6 cm³/mol. The van der Waals surface area contributed by atoms with Crippen LogP contribution in [-0.2, 0) is 9.31 Å². The van der Waals surface area contributed by atoms with Crippen molar-refractivity contribution in [3.8, 4) is 0 Å². The molecule has 0 rings (SSSR count). The third-order valence-corrected chi connectivity index (χ3v) is 0.997. The summed E-state index contributed by atoms with van der Waals surface area (Å²) in [7, 11) is -0.477. The Morgan fingerprint density at radius 3 is 1.46 bits per heavy atom. The fourth-order valence-electron chi connectivity index (χ4n) is 0.725. The van der Waals surface area contributed by atoms with Crippen molar-refractivity contribution in [1.82, 2.24) is 0 Å². The van der Waals surface area contributed by atoms with Gasteiger partial charge in [0.05, 0.1) is 6.51 Å². The second-order valence-electron chi connectivity index (χ2n) is 2.98. The maximum atomic E-state index is 8.77. The molecule has 0 saturated carbocycles. The fraction of sp³-hybridized carbons (Fsp3) is 1.00. The molecule has 0 aliphatic heterocycles. The van der Waals surface area contributed by atoms with E-state index in [1.165, 1.54) is 0 Å². The highest BCUT2D eigenvalue weighted by molar-refractivity contribution is 6.44. The van der Waals surface area contributed by atoms with E-state index < -0.39 is 7.12 Å². The molecule has 13 heavy (non-hydrogen) atoms. The minimum absolute atomic E-state index is 0.0869. The summed E-state index contributed by atoms with van der Waals surface area (Å²) in [6, 6.07) is 0. The molecule has 0 aromatic rings. The van der Waals surface area contributed by atoms with Crippen LogP contribution >= 0.6 is 0 Å². The quantitative estimate of drug-likeness (QED) is 0.672. The molecule has 0 aromatic heterocycles. The van der Waals surface area contributed by atoms with E-state index in [4.69, 9.17) is 14.4 Å². The Labute approximate surface area is 82.6 Å². The van der Waals surface area contributed by atoms with E-state index in [0.29, 0.717) is 0 Å². The van der Waals surface area contributed by atoms with Crippen molar-refractivity contribution in [3.05, 3.63) is 0 Å². The average molecular weight is 190 g/mol. The molecule has 3 nitrogen and oxygen atoms in total. The third kappa shape index (κ3) is 11.9. The zero-order chi connectivity index (χ0) is 10.9. The standard InChI is InChI=1S/C7H17BO3.C2H6/c1-6(2)10-8(5-9)11-7(3)4;1-2/h6-7,9H,5H2,1-4H3;1-2H3. The van der Waals surface area contributed by atoms with Crippen LogP contribution in [0.2, 0.25) is 0 Å². The van der Waals surface area contributed by atoms with E-state index in [2.05, 4.69) is 0 Å². The van der Waals surface area contributed by atoms with Crippen LogP contribution in [0, 0.1) is 0 Å². The summed E-state index contributed by atoms with van der Waals surface area (Å²) in [5, 5.41) is 8.77. The normalized spacial score (nSPS) is 9.92. The minimum atomic E-state index is -0.477. The summed E-state index contributed by atoms with van der Waals surface area (Å²) in [5.41, 5.74) is 0. The zero-order valence-electron chi connectivity index (χ0n) is 9.70. The predicted octanol–water partition coefficient (Wildman–Crippen LogP) is 1.88. The first-order chi connectivity index (χ1) is 6.06. The molecule has 0 unspecified atom stereocenters. The van der Waals surface area contributed by atoms with Crippen molar-refractivity contribution in [1.29, 1.82) is 0 Å². The fourth-order valence-corrected chi connectivity index (χ4v) is 0.725. The second kappa shape index (κ2) is 10.0. The lowest BCUT2D eigenvalue weighted by molar-refractivity contribution is 0.112. The highest BCUT2D eigenvalue weighted by Gasteiger charge is 2.19. The van der Waals surface area contributed by atoms with Gasteiger partial charge in [-0.15, -0.1) is 0 Å². The first-order valence-electron chi connectivity index (χ1n) is 4.98. The summed E-state index contributed by atoms with van der Waals surface area (Å²) in [4.78, 5) is 0. The van der Waals surface area contributed by atoms with Crippen molar-refractivity contribution in [2.45, 2.75) is 53.8 Å². The Balaban J connectivity index is 0. The molecule has 0 atom stereocenters. The van der Waals surface area contributed by atoms with Gasteiger partial charge in [-0.1, -0.05) is 13.8 Å². The van der Waals surface area contributed by atoms with E-state index in [1.54, 1.807) is 0 Å². The topological polar surface area (TPSA) is 38.7 Å². The van der Waals surface area contributed by atoms with Gasteiger partial charge < -0.3 is 14.4 Å². The van der Waals surface area contributed by atoms with E-state index >= 15 is 0 Å². The molecule has 0 fully saturated rings. The second-order valence-corrected chi connectivity index (χ2v) is 2.98. The van der Waals surface area contributed by atoms with Crippen LogP contribution in [-0.4, -0.2) is 30.9 Å². The van der Waals surface area contributed by atoms with E-state index in [-0.39, 0.29) is 18.7 Å². The molecular formula is C9H23BO3. The largest absolute Gasteiger partial charge is 0.484 e. The van der Waals surface area contributed by atoms with Crippen LogP contribution in [0.15, 0.2) is 0 Å². The van der Waals surface area contributed by atoms with Gasteiger partial charge >= 0.3 is 7.12 Å². The zero-order valence-corrected chi connectivity index (χ0v) is 9.70. The lowest BCUT2D eigenvalue weighted by Gasteiger charge is -2.17. The van der Waals surface area contributed by atoms with Gasteiger partial charge in [0.15, 0.2) is 0 Å². The number of aliphatic hydroxyl groups is 1. The van der Waals surface area contributed by atoms with Gasteiger partial charge in [0, 0.05) is 12.2 Å². The van der Waals surface area contributed by atoms with Gasteiger partial charge in [-0.25, -0.2) is 0 Å². The maximum Gasteiger partial charge on any atom is 0.484 e. The molecule has 0 aliphatic carbocycles. The highest BCUT2D eigenvalue weighted by atomic mass is 16.6. The monoisotopic (exact) mass is 190 g/mol. The molecule has 0 saturated heterocycles. The van der Waals surface area contributed by atoms with Gasteiger partial charge in [0.1, 0.15) is 0 Å². The first kappa shape index (κ1) is 15.4. The molecule has 0 heterocycles. The number of aliphatic hydroxyl groups excluding tert-OH is 1. The summed E-state index contributed by atoms with van der Waals surface area (Å²) in [5.74, 6) is 0. The Morgan fingerprint density at radius 1 is 1.00 bits per heavy atom. The third-order valence-electron chi connectivity index (χ3n) is 0.997. The molecule has 0 bridgehead atoms. The van der Waals surface area contributed by atoms with Crippen LogP contribution in [0.3, 0.4) is 0 Å². The molecule has 0 aliphatic rings. The molecule has 0 aromatic carbocycles. The average Bonchev–Trinajstić information content (AvgIpc) is 2.05. The van der Waals surface area contributed by atoms with Crippen LogP contribution in [0.25, 0.3) is 0 Å². The summed E-state index contributed by atoms with van der Waals surface area (Å²) < 4.78 is 10.5. The Hall–Kier alpha value is -0.0551. The molecular weight excluding hydrogens is 167 g/mol.